The predicted molar refractivity (Wildman–Crippen MR) is 62.9 cm³/mol. The first-order valence-corrected chi connectivity index (χ1v) is 5.63. The summed E-state index contributed by atoms with van der Waals surface area (Å²) in [5.41, 5.74) is 5.18. The van der Waals surface area contributed by atoms with Crippen molar-refractivity contribution in [1.82, 2.24) is 14.9 Å². The van der Waals surface area contributed by atoms with Gasteiger partial charge < -0.3 is 11.1 Å². The third kappa shape index (κ3) is 2.69. The van der Waals surface area contributed by atoms with Crippen molar-refractivity contribution in [3.8, 4) is 0 Å². The highest BCUT2D eigenvalue weighted by molar-refractivity contribution is 7.80. The maximum Gasteiger partial charge on any atom is 0.273 e. The van der Waals surface area contributed by atoms with Gasteiger partial charge in [-0.15, -0.1) is 5.10 Å². The van der Waals surface area contributed by atoms with Gasteiger partial charge >= 0.3 is 0 Å². The van der Waals surface area contributed by atoms with Crippen LogP contribution in [0.25, 0.3) is 0 Å². The number of nitrogens with zero attached hydrogens (tertiary/aromatic N) is 2. The van der Waals surface area contributed by atoms with Crippen LogP contribution in [0.3, 0.4) is 0 Å². The first kappa shape index (κ1) is 12.0. The summed E-state index contributed by atoms with van der Waals surface area (Å²) in [6.07, 6.45) is 0.631. The molecular formula is C8H12N4OS2. The molecule has 0 saturated heterocycles. The molecule has 1 heterocycles. The minimum absolute atomic E-state index is 0.265. The summed E-state index contributed by atoms with van der Waals surface area (Å²) in [6, 6.07) is 0. The molecule has 82 valence electrons. The Bertz CT molecular complexity index is 365. The van der Waals surface area contributed by atoms with Gasteiger partial charge in [-0.25, -0.2) is 0 Å². The molecule has 1 rings (SSSR count). The normalized spacial score (nSPS) is 14.3. The molecule has 15 heavy (non-hydrogen) atoms. The predicted octanol–water partition coefficient (Wildman–Crippen LogP) is 0.723. The summed E-state index contributed by atoms with van der Waals surface area (Å²) in [5, 5.41) is 7.98. The highest BCUT2D eigenvalue weighted by atomic mass is 32.1. The highest BCUT2D eigenvalue weighted by Crippen LogP contribution is 2.10. The topological polar surface area (TPSA) is 80.9 Å². The van der Waals surface area contributed by atoms with E-state index in [9.17, 15) is 4.79 Å². The number of rotatable bonds is 4. The Morgan fingerprint density at radius 3 is 2.87 bits per heavy atom. The second kappa shape index (κ2) is 4.63. The van der Waals surface area contributed by atoms with E-state index < -0.39 is 5.54 Å². The lowest BCUT2D eigenvalue weighted by atomic mass is 9.99. The van der Waals surface area contributed by atoms with Gasteiger partial charge in [0, 0.05) is 5.38 Å². The zero-order valence-electron chi connectivity index (χ0n) is 8.48. The summed E-state index contributed by atoms with van der Waals surface area (Å²) in [4.78, 5) is 11.9. The number of amides is 1. The maximum atomic E-state index is 11.7. The maximum absolute atomic E-state index is 11.7. The van der Waals surface area contributed by atoms with Crippen LogP contribution in [0.5, 0.6) is 0 Å². The smallest absolute Gasteiger partial charge is 0.273 e. The fourth-order valence-corrected chi connectivity index (χ4v) is 1.53. The first-order chi connectivity index (χ1) is 6.99. The minimum Gasteiger partial charge on any atom is -0.391 e. The number of carbonyl (C=O) groups excluding carboxylic acids is 1. The van der Waals surface area contributed by atoms with E-state index in [-0.39, 0.29) is 16.6 Å². The molecular weight excluding hydrogens is 232 g/mol. The van der Waals surface area contributed by atoms with Crippen LogP contribution in [0.4, 0.5) is 0 Å². The number of hydrogen-bond acceptors (Lipinski definition) is 5. The van der Waals surface area contributed by atoms with Crippen LogP contribution in [0.1, 0.15) is 30.8 Å². The van der Waals surface area contributed by atoms with Gasteiger partial charge in [-0.3, -0.25) is 4.79 Å². The van der Waals surface area contributed by atoms with Crippen molar-refractivity contribution in [3.63, 3.8) is 0 Å². The van der Waals surface area contributed by atoms with Crippen molar-refractivity contribution in [2.75, 3.05) is 0 Å². The molecule has 1 aromatic heterocycles. The van der Waals surface area contributed by atoms with Gasteiger partial charge in [0.1, 0.15) is 0 Å². The largest absolute Gasteiger partial charge is 0.391 e. The molecule has 0 bridgehead atoms. The lowest BCUT2D eigenvalue weighted by Gasteiger charge is -2.27. The summed E-state index contributed by atoms with van der Waals surface area (Å²) < 4.78 is 3.61. The molecule has 0 spiro atoms. The highest BCUT2D eigenvalue weighted by Gasteiger charge is 2.28. The van der Waals surface area contributed by atoms with Gasteiger partial charge in [0.15, 0.2) is 5.69 Å². The van der Waals surface area contributed by atoms with E-state index in [2.05, 4.69) is 14.9 Å². The Morgan fingerprint density at radius 1 is 1.80 bits per heavy atom. The van der Waals surface area contributed by atoms with Gasteiger partial charge in [0.05, 0.1) is 10.5 Å². The monoisotopic (exact) mass is 244 g/mol. The number of nitrogens with two attached hydrogens (primary N) is 1. The van der Waals surface area contributed by atoms with Gasteiger partial charge in [-0.2, -0.15) is 0 Å². The number of nitrogens with one attached hydrogen (secondary N) is 1. The van der Waals surface area contributed by atoms with E-state index in [1.807, 2.05) is 6.92 Å². The summed E-state index contributed by atoms with van der Waals surface area (Å²) in [7, 11) is 0. The van der Waals surface area contributed by atoms with Crippen molar-refractivity contribution in [2.45, 2.75) is 25.8 Å². The van der Waals surface area contributed by atoms with Crippen molar-refractivity contribution < 1.29 is 4.79 Å². The number of hydrogen-bond donors (Lipinski definition) is 2. The van der Waals surface area contributed by atoms with E-state index >= 15 is 0 Å². The van der Waals surface area contributed by atoms with Gasteiger partial charge in [0.2, 0.25) is 0 Å². The first-order valence-electron chi connectivity index (χ1n) is 4.39. The van der Waals surface area contributed by atoms with Gasteiger partial charge in [-0.05, 0) is 24.9 Å². The van der Waals surface area contributed by atoms with Gasteiger partial charge in [-0.1, -0.05) is 23.6 Å². The van der Waals surface area contributed by atoms with E-state index in [1.54, 1.807) is 12.3 Å². The summed E-state index contributed by atoms with van der Waals surface area (Å²) in [6.45, 7) is 3.69. The molecule has 0 aliphatic heterocycles. The second-order valence-electron chi connectivity index (χ2n) is 3.29. The molecule has 0 radical (unpaired) electrons. The SMILES string of the molecule is CCC(C)(NC(=O)c1csnn1)C(N)=S. The fraction of sp³-hybridized carbons (Fsp3) is 0.500. The molecule has 0 aliphatic rings. The lowest BCUT2D eigenvalue weighted by Crippen LogP contribution is -2.54. The zero-order chi connectivity index (χ0) is 11.5. The van der Waals surface area contributed by atoms with Crippen molar-refractivity contribution in [1.29, 1.82) is 0 Å². The van der Waals surface area contributed by atoms with E-state index in [4.69, 9.17) is 18.0 Å². The van der Waals surface area contributed by atoms with Gasteiger partial charge in [0.25, 0.3) is 5.91 Å². The third-order valence-electron chi connectivity index (χ3n) is 2.23. The van der Waals surface area contributed by atoms with Crippen LogP contribution in [0.2, 0.25) is 0 Å². The molecule has 0 saturated carbocycles. The van der Waals surface area contributed by atoms with Crippen LogP contribution in [0.15, 0.2) is 5.38 Å². The molecule has 1 amide bonds. The summed E-state index contributed by atoms with van der Waals surface area (Å²) >= 11 is 6.03. The molecule has 1 atom stereocenters. The third-order valence-corrected chi connectivity index (χ3v) is 3.19. The Morgan fingerprint density at radius 2 is 2.47 bits per heavy atom. The number of thiocarbonyl (C=S) groups is 1. The average Bonchev–Trinajstić information content (AvgIpc) is 2.70. The lowest BCUT2D eigenvalue weighted by molar-refractivity contribution is 0.0921. The standard InChI is InChI=1S/C8H12N4OS2/c1-3-8(2,7(9)14)10-6(13)5-4-15-12-11-5/h4H,3H2,1-2H3,(H2,9,14)(H,10,13). The van der Waals surface area contributed by atoms with E-state index in [0.29, 0.717) is 6.42 Å². The molecule has 1 aromatic rings. The van der Waals surface area contributed by atoms with Crippen molar-refractivity contribution in [2.24, 2.45) is 5.73 Å². The van der Waals surface area contributed by atoms with E-state index in [1.165, 1.54) is 0 Å². The number of carbonyl (C=O) groups is 1. The molecule has 0 aromatic carbocycles. The fourth-order valence-electron chi connectivity index (χ4n) is 0.902. The molecule has 1 unspecified atom stereocenters. The quantitative estimate of drug-likeness (QED) is 0.763. The Hall–Kier alpha value is -1.08. The Balaban J connectivity index is 2.77. The average molecular weight is 244 g/mol. The Labute approximate surface area is 97.2 Å². The molecule has 0 aliphatic carbocycles. The number of aromatic nitrogens is 2. The molecule has 5 nitrogen and oxygen atoms in total. The second-order valence-corrected chi connectivity index (χ2v) is 4.34. The van der Waals surface area contributed by atoms with Crippen LogP contribution < -0.4 is 11.1 Å². The van der Waals surface area contributed by atoms with E-state index in [0.717, 1.165) is 11.5 Å². The van der Waals surface area contributed by atoms with Crippen LogP contribution in [0, 0.1) is 0 Å². The molecule has 7 heteroatoms. The molecule has 0 fully saturated rings. The van der Waals surface area contributed by atoms with Crippen LogP contribution >= 0.6 is 23.8 Å². The zero-order valence-corrected chi connectivity index (χ0v) is 10.1. The van der Waals surface area contributed by atoms with Crippen molar-refractivity contribution >= 4 is 34.6 Å². The minimum atomic E-state index is -0.671. The Kier molecular flexibility index (Phi) is 3.70. The van der Waals surface area contributed by atoms with Crippen LogP contribution in [-0.2, 0) is 0 Å². The molecule has 3 N–H and O–H groups in total. The summed E-state index contributed by atoms with van der Waals surface area (Å²) in [5.74, 6) is -0.305. The van der Waals surface area contributed by atoms with Crippen molar-refractivity contribution in [3.05, 3.63) is 11.1 Å². The van der Waals surface area contributed by atoms with Crippen LogP contribution in [-0.4, -0.2) is 26.0 Å².